The topological polar surface area (TPSA) is 12.0 Å². The first-order valence-corrected chi connectivity index (χ1v) is 6.03. The van der Waals surface area contributed by atoms with Crippen LogP contribution in [-0.4, -0.2) is 0 Å². The van der Waals surface area contributed by atoms with Crippen molar-refractivity contribution in [3.63, 3.8) is 0 Å². The average Bonchev–Trinajstić information content (AvgIpc) is 2.38. The van der Waals surface area contributed by atoms with E-state index in [0.717, 1.165) is 6.07 Å². The van der Waals surface area contributed by atoms with Gasteiger partial charge in [-0.25, -0.2) is 13.2 Å². The van der Waals surface area contributed by atoms with Gasteiger partial charge in [-0.1, -0.05) is 29.8 Å². The highest BCUT2D eigenvalue weighted by Crippen LogP contribution is 2.27. The van der Waals surface area contributed by atoms with Crippen LogP contribution in [0, 0.1) is 17.5 Å². The van der Waals surface area contributed by atoms with E-state index in [-0.39, 0.29) is 16.3 Å². The molecular weight excluding hydrogens is 275 g/mol. The van der Waals surface area contributed by atoms with E-state index in [4.69, 9.17) is 11.6 Å². The molecule has 1 atom stereocenters. The Hall–Kier alpha value is -1.68. The zero-order valence-corrected chi connectivity index (χ0v) is 10.8. The van der Waals surface area contributed by atoms with Crippen molar-refractivity contribution in [2.24, 2.45) is 0 Å². The van der Waals surface area contributed by atoms with Crippen LogP contribution in [-0.2, 0) is 0 Å². The summed E-state index contributed by atoms with van der Waals surface area (Å²) in [6, 6.07) is 7.75. The van der Waals surface area contributed by atoms with Crippen molar-refractivity contribution in [2.75, 3.05) is 5.32 Å². The molecule has 0 amide bonds. The second kappa shape index (κ2) is 5.53. The van der Waals surface area contributed by atoms with Crippen molar-refractivity contribution < 1.29 is 13.2 Å². The lowest BCUT2D eigenvalue weighted by molar-refractivity contribution is 0.494. The summed E-state index contributed by atoms with van der Waals surface area (Å²) in [5.41, 5.74) is 0.267. The second-order valence-corrected chi connectivity index (χ2v) is 4.52. The van der Waals surface area contributed by atoms with Gasteiger partial charge in [0.2, 0.25) is 0 Å². The van der Waals surface area contributed by atoms with E-state index in [2.05, 4.69) is 5.32 Å². The predicted molar refractivity (Wildman–Crippen MR) is 69.8 cm³/mol. The smallest absolute Gasteiger partial charge is 0.164 e. The van der Waals surface area contributed by atoms with Crippen molar-refractivity contribution in [1.82, 2.24) is 0 Å². The number of hydrogen-bond acceptors (Lipinski definition) is 1. The Morgan fingerprint density at radius 1 is 1.00 bits per heavy atom. The largest absolute Gasteiger partial charge is 0.376 e. The molecular formula is C14H11ClF3N. The molecule has 100 valence electrons. The van der Waals surface area contributed by atoms with E-state index in [9.17, 15) is 13.2 Å². The van der Waals surface area contributed by atoms with E-state index in [1.807, 2.05) is 0 Å². The molecule has 1 nitrogen and oxygen atoms in total. The number of benzene rings is 2. The molecule has 1 unspecified atom stereocenters. The molecule has 0 aliphatic carbocycles. The quantitative estimate of drug-likeness (QED) is 0.843. The normalized spacial score (nSPS) is 12.3. The van der Waals surface area contributed by atoms with Gasteiger partial charge in [0.25, 0.3) is 0 Å². The van der Waals surface area contributed by atoms with Crippen LogP contribution in [0.15, 0.2) is 36.4 Å². The summed E-state index contributed by atoms with van der Waals surface area (Å²) in [5, 5.41) is 2.74. The van der Waals surface area contributed by atoms with Crippen molar-refractivity contribution in [2.45, 2.75) is 13.0 Å². The molecule has 0 aliphatic heterocycles. The number of halogens is 4. The number of nitrogens with one attached hydrogen (secondary N) is 1. The van der Waals surface area contributed by atoms with E-state index in [1.165, 1.54) is 24.3 Å². The van der Waals surface area contributed by atoms with Crippen molar-refractivity contribution in [3.05, 3.63) is 64.4 Å². The minimum Gasteiger partial charge on any atom is -0.376 e. The summed E-state index contributed by atoms with van der Waals surface area (Å²) < 4.78 is 40.4. The van der Waals surface area contributed by atoms with Crippen LogP contribution >= 0.6 is 11.6 Å². The zero-order valence-electron chi connectivity index (χ0n) is 10.1. The molecule has 5 heteroatoms. The molecule has 0 saturated carbocycles. The Morgan fingerprint density at radius 3 is 2.42 bits per heavy atom. The first-order chi connectivity index (χ1) is 9.00. The van der Waals surface area contributed by atoms with E-state index < -0.39 is 23.5 Å². The molecule has 0 radical (unpaired) electrons. The standard InChI is InChI=1S/C14H11ClF3N/c1-8(9-4-2-6-11(16)13(9)17)19-12-7-3-5-10(15)14(12)18/h2-8,19H,1H3. The van der Waals surface area contributed by atoms with Crippen LogP contribution < -0.4 is 5.32 Å². The van der Waals surface area contributed by atoms with Gasteiger partial charge >= 0.3 is 0 Å². The molecule has 0 spiro atoms. The molecule has 2 aromatic carbocycles. The molecule has 2 rings (SSSR count). The lowest BCUT2D eigenvalue weighted by atomic mass is 10.1. The maximum Gasteiger partial charge on any atom is 0.164 e. The zero-order chi connectivity index (χ0) is 14.0. The van der Waals surface area contributed by atoms with Gasteiger partial charge in [-0.05, 0) is 25.1 Å². The van der Waals surface area contributed by atoms with E-state index >= 15 is 0 Å². The van der Waals surface area contributed by atoms with Crippen molar-refractivity contribution in [3.8, 4) is 0 Å². The third-order valence-electron chi connectivity index (χ3n) is 2.77. The van der Waals surface area contributed by atoms with Crippen LogP contribution in [0.1, 0.15) is 18.5 Å². The fraction of sp³-hybridized carbons (Fsp3) is 0.143. The Bertz CT molecular complexity index is 601. The van der Waals surface area contributed by atoms with Gasteiger partial charge < -0.3 is 5.32 Å². The fourth-order valence-corrected chi connectivity index (χ4v) is 1.96. The van der Waals surface area contributed by atoms with Crippen molar-refractivity contribution in [1.29, 1.82) is 0 Å². The van der Waals surface area contributed by atoms with Gasteiger partial charge in [0.15, 0.2) is 17.5 Å². The van der Waals surface area contributed by atoms with E-state index in [0.29, 0.717) is 0 Å². The molecule has 0 bridgehead atoms. The molecule has 2 aromatic rings. The van der Waals surface area contributed by atoms with Crippen molar-refractivity contribution >= 4 is 17.3 Å². The molecule has 19 heavy (non-hydrogen) atoms. The molecule has 0 aliphatic rings. The molecule has 0 saturated heterocycles. The monoisotopic (exact) mass is 285 g/mol. The summed E-state index contributed by atoms with van der Waals surface area (Å²) in [6.07, 6.45) is 0. The highest BCUT2D eigenvalue weighted by molar-refractivity contribution is 6.31. The Morgan fingerprint density at radius 2 is 1.68 bits per heavy atom. The van der Waals surface area contributed by atoms with Gasteiger partial charge in [-0.2, -0.15) is 0 Å². The predicted octanol–water partition coefficient (Wildman–Crippen LogP) is 4.93. The summed E-state index contributed by atoms with van der Waals surface area (Å²) >= 11 is 5.65. The number of hydrogen-bond donors (Lipinski definition) is 1. The summed E-state index contributed by atoms with van der Waals surface area (Å²) in [4.78, 5) is 0. The van der Waals surface area contributed by atoms with Crippen LogP contribution in [0.4, 0.5) is 18.9 Å². The molecule has 0 heterocycles. The second-order valence-electron chi connectivity index (χ2n) is 4.11. The van der Waals surface area contributed by atoms with Gasteiger partial charge in [0, 0.05) is 5.56 Å². The minimum atomic E-state index is -0.940. The lowest BCUT2D eigenvalue weighted by Gasteiger charge is -2.17. The van der Waals surface area contributed by atoms with Crippen LogP contribution in [0.25, 0.3) is 0 Å². The van der Waals surface area contributed by atoms with Crippen LogP contribution in [0.3, 0.4) is 0 Å². The minimum absolute atomic E-state index is 0.0306. The van der Waals surface area contributed by atoms with Crippen LogP contribution in [0.2, 0.25) is 5.02 Å². The van der Waals surface area contributed by atoms with Gasteiger partial charge in [-0.3, -0.25) is 0 Å². The van der Waals surface area contributed by atoms with Gasteiger partial charge in [-0.15, -0.1) is 0 Å². The lowest BCUT2D eigenvalue weighted by Crippen LogP contribution is -2.10. The Labute approximate surface area is 114 Å². The molecule has 1 N–H and O–H groups in total. The maximum absolute atomic E-state index is 13.7. The summed E-state index contributed by atoms with van der Waals surface area (Å²) in [6.45, 7) is 1.61. The molecule has 0 fully saturated rings. The first kappa shape index (κ1) is 13.7. The van der Waals surface area contributed by atoms with Gasteiger partial charge in [0.05, 0.1) is 16.8 Å². The average molecular weight is 286 g/mol. The Balaban J connectivity index is 2.28. The SMILES string of the molecule is CC(Nc1cccc(Cl)c1F)c1cccc(F)c1F. The van der Waals surface area contributed by atoms with Crippen LogP contribution in [0.5, 0.6) is 0 Å². The van der Waals surface area contributed by atoms with Gasteiger partial charge in [0.1, 0.15) is 0 Å². The highest BCUT2D eigenvalue weighted by atomic mass is 35.5. The van der Waals surface area contributed by atoms with E-state index in [1.54, 1.807) is 13.0 Å². The third-order valence-corrected chi connectivity index (χ3v) is 3.06. The number of rotatable bonds is 3. The molecule has 0 aromatic heterocycles. The third kappa shape index (κ3) is 2.84. The maximum atomic E-state index is 13.7. The first-order valence-electron chi connectivity index (χ1n) is 5.65. The highest BCUT2D eigenvalue weighted by Gasteiger charge is 2.16. The number of anilines is 1. The fourth-order valence-electron chi connectivity index (χ4n) is 1.78. The summed E-state index contributed by atoms with van der Waals surface area (Å²) in [5.74, 6) is -2.49. The summed E-state index contributed by atoms with van der Waals surface area (Å²) in [7, 11) is 0. The Kier molecular flexibility index (Phi) is 4.00.